The maximum absolute atomic E-state index is 12.1. The minimum atomic E-state index is -4.30. The van der Waals surface area contributed by atoms with Crippen LogP contribution in [0.1, 0.15) is 43.7 Å². The quantitative estimate of drug-likeness (QED) is 0.341. The molecule has 27 heavy (non-hydrogen) atoms. The number of guanidine groups is 1. The number of hydrogen-bond acceptors (Lipinski definition) is 2. The van der Waals surface area contributed by atoms with E-state index < -0.39 is 12.8 Å². The van der Waals surface area contributed by atoms with Gasteiger partial charge in [0, 0.05) is 19.6 Å². The van der Waals surface area contributed by atoms with Gasteiger partial charge in [0.2, 0.25) is 0 Å². The summed E-state index contributed by atoms with van der Waals surface area (Å²) in [6.07, 6.45) is 0.515. The third-order valence-corrected chi connectivity index (χ3v) is 4.49. The molecule has 1 aliphatic rings. The van der Waals surface area contributed by atoms with Gasteiger partial charge in [0.05, 0.1) is 6.61 Å². The highest BCUT2D eigenvalue weighted by Gasteiger charge is 2.27. The molecule has 1 aromatic carbocycles. The summed E-state index contributed by atoms with van der Waals surface area (Å²) in [7, 11) is 1.74. The molecule has 0 amide bonds. The molecule has 2 atom stereocenters. The predicted octanol–water partition coefficient (Wildman–Crippen LogP) is 4.63. The molecule has 2 unspecified atom stereocenters. The van der Waals surface area contributed by atoms with Crippen molar-refractivity contribution in [2.24, 2.45) is 10.9 Å². The van der Waals surface area contributed by atoms with Crippen LogP contribution in [0.5, 0.6) is 0 Å². The smallest absolute Gasteiger partial charge is 0.367 e. The van der Waals surface area contributed by atoms with Gasteiger partial charge in [-0.05, 0) is 29.9 Å². The first-order valence-corrected chi connectivity index (χ1v) is 9.05. The van der Waals surface area contributed by atoms with Gasteiger partial charge in [0.1, 0.15) is 6.61 Å². The summed E-state index contributed by atoms with van der Waals surface area (Å²) in [4.78, 5) is 4.27. The van der Waals surface area contributed by atoms with Crippen LogP contribution < -0.4 is 10.6 Å². The SMILES string of the molecule is CN=C(NCc1cccc(COCC(F)(F)F)c1)NC1CCCC(C)C1.I. The monoisotopic (exact) mass is 499 g/mol. The Balaban J connectivity index is 0.00000364. The average Bonchev–Trinajstić information content (AvgIpc) is 2.58. The van der Waals surface area contributed by atoms with Crippen molar-refractivity contribution in [3.63, 3.8) is 0 Å². The van der Waals surface area contributed by atoms with E-state index in [1.54, 1.807) is 13.1 Å². The maximum atomic E-state index is 12.1. The lowest BCUT2D eigenvalue weighted by Gasteiger charge is -2.28. The Hall–Kier alpha value is -1.03. The van der Waals surface area contributed by atoms with Crippen LogP contribution in [0.25, 0.3) is 0 Å². The number of halogens is 4. The van der Waals surface area contributed by atoms with Gasteiger partial charge in [-0.2, -0.15) is 13.2 Å². The second-order valence-electron chi connectivity index (χ2n) is 6.97. The molecular formula is C19H29F3IN3O. The molecule has 4 nitrogen and oxygen atoms in total. The van der Waals surface area contributed by atoms with Crippen molar-refractivity contribution >= 4 is 29.9 Å². The fourth-order valence-corrected chi connectivity index (χ4v) is 3.25. The number of ether oxygens (including phenoxy) is 1. The van der Waals surface area contributed by atoms with Crippen LogP contribution in [0.2, 0.25) is 0 Å². The highest BCUT2D eigenvalue weighted by atomic mass is 127. The summed E-state index contributed by atoms with van der Waals surface area (Å²) in [5.74, 6) is 1.48. The third kappa shape index (κ3) is 9.64. The molecule has 0 aromatic heterocycles. The lowest BCUT2D eigenvalue weighted by atomic mass is 9.87. The summed E-state index contributed by atoms with van der Waals surface area (Å²) in [5.41, 5.74) is 1.69. The van der Waals surface area contributed by atoms with Crippen molar-refractivity contribution < 1.29 is 17.9 Å². The average molecular weight is 499 g/mol. The zero-order valence-electron chi connectivity index (χ0n) is 15.8. The van der Waals surface area contributed by atoms with Gasteiger partial charge in [0.15, 0.2) is 5.96 Å². The fourth-order valence-electron chi connectivity index (χ4n) is 3.25. The first kappa shape index (κ1) is 24.0. The van der Waals surface area contributed by atoms with E-state index in [2.05, 4.69) is 22.5 Å². The van der Waals surface area contributed by atoms with Crippen LogP contribution in [-0.4, -0.2) is 31.8 Å². The number of aliphatic imine (C=N–C) groups is 1. The Labute approximate surface area is 176 Å². The van der Waals surface area contributed by atoms with E-state index in [0.29, 0.717) is 12.6 Å². The van der Waals surface area contributed by atoms with E-state index in [4.69, 9.17) is 4.74 Å². The molecule has 0 heterocycles. The minimum Gasteiger partial charge on any atom is -0.367 e. The van der Waals surface area contributed by atoms with Crippen LogP contribution in [0, 0.1) is 5.92 Å². The standard InChI is InChI=1S/C19H28F3N3O.HI/c1-14-5-3-8-17(9-14)25-18(23-2)24-11-15-6-4-7-16(10-15)12-26-13-19(20,21)22;/h4,6-7,10,14,17H,3,5,8-9,11-13H2,1-2H3,(H2,23,24,25);1H. The van der Waals surface area contributed by atoms with Crippen LogP contribution in [-0.2, 0) is 17.9 Å². The molecule has 0 saturated heterocycles. The van der Waals surface area contributed by atoms with E-state index >= 15 is 0 Å². The highest BCUT2D eigenvalue weighted by Crippen LogP contribution is 2.23. The molecule has 0 aliphatic heterocycles. The summed E-state index contributed by atoms with van der Waals surface area (Å²) >= 11 is 0. The van der Waals surface area contributed by atoms with Crippen LogP contribution in [0.4, 0.5) is 13.2 Å². The molecule has 2 N–H and O–H groups in total. The first-order chi connectivity index (χ1) is 12.4. The first-order valence-electron chi connectivity index (χ1n) is 9.05. The Morgan fingerprint density at radius 3 is 2.67 bits per heavy atom. The Kier molecular flexibility index (Phi) is 10.4. The Morgan fingerprint density at radius 1 is 1.26 bits per heavy atom. The molecule has 1 saturated carbocycles. The molecule has 1 fully saturated rings. The van der Waals surface area contributed by atoms with Gasteiger partial charge < -0.3 is 15.4 Å². The predicted molar refractivity (Wildman–Crippen MR) is 112 cm³/mol. The van der Waals surface area contributed by atoms with Crippen LogP contribution >= 0.6 is 24.0 Å². The molecule has 0 spiro atoms. The molecular weight excluding hydrogens is 470 g/mol. The molecule has 0 bridgehead atoms. The van der Waals surface area contributed by atoms with Gasteiger partial charge in [-0.25, -0.2) is 0 Å². The number of hydrogen-bond donors (Lipinski definition) is 2. The summed E-state index contributed by atoms with van der Waals surface area (Å²) in [5, 5.41) is 6.73. The molecule has 1 aromatic rings. The van der Waals surface area contributed by atoms with Crippen LogP contribution in [0.15, 0.2) is 29.3 Å². The van der Waals surface area contributed by atoms with Gasteiger partial charge >= 0.3 is 6.18 Å². The zero-order chi connectivity index (χ0) is 19.0. The van der Waals surface area contributed by atoms with Crippen LogP contribution in [0.3, 0.4) is 0 Å². The van der Waals surface area contributed by atoms with Crippen molar-refractivity contribution in [2.45, 2.75) is 58.0 Å². The van der Waals surface area contributed by atoms with Gasteiger partial charge in [-0.15, -0.1) is 24.0 Å². The summed E-state index contributed by atoms with van der Waals surface area (Å²) < 4.78 is 41.2. The summed E-state index contributed by atoms with van der Waals surface area (Å²) in [6.45, 7) is 1.54. The minimum absolute atomic E-state index is 0. The molecule has 2 rings (SSSR count). The number of nitrogens with zero attached hydrogens (tertiary/aromatic N) is 1. The van der Waals surface area contributed by atoms with E-state index in [-0.39, 0.29) is 30.6 Å². The zero-order valence-corrected chi connectivity index (χ0v) is 18.1. The number of rotatable bonds is 6. The second-order valence-corrected chi connectivity index (χ2v) is 6.97. The largest absolute Gasteiger partial charge is 0.411 e. The van der Waals surface area contributed by atoms with E-state index in [9.17, 15) is 13.2 Å². The lowest BCUT2D eigenvalue weighted by molar-refractivity contribution is -0.176. The number of nitrogens with one attached hydrogen (secondary N) is 2. The maximum Gasteiger partial charge on any atom is 0.411 e. The number of benzene rings is 1. The van der Waals surface area contributed by atoms with Gasteiger partial charge in [-0.1, -0.05) is 44.0 Å². The van der Waals surface area contributed by atoms with Crippen molar-refractivity contribution in [3.8, 4) is 0 Å². The third-order valence-electron chi connectivity index (χ3n) is 4.49. The van der Waals surface area contributed by atoms with Crippen molar-refractivity contribution in [1.82, 2.24) is 10.6 Å². The Morgan fingerprint density at radius 2 is 2.00 bits per heavy atom. The molecule has 0 radical (unpaired) electrons. The molecule has 154 valence electrons. The van der Waals surface area contributed by atoms with Crippen molar-refractivity contribution in [2.75, 3.05) is 13.7 Å². The topological polar surface area (TPSA) is 45.7 Å². The second kappa shape index (κ2) is 11.7. The van der Waals surface area contributed by atoms with Crippen molar-refractivity contribution in [1.29, 1.82) is 0 Å². The fraction of sp³-hybridized carbons (Fsp3) is 0.632. The summed E-state index contributed by atoms with van der Waals surface area (Å²) in [6, 6.07) is 7.79. The molecule has 8 heteroatoms. The van der Waals surface area contributed by atoms with Crippen molar-refractivity contribution in [3.05, 3.63) is 35.4 Å². The molecule has 1 aliphatic carbocycles. The number of alkyl halides is 3. The van der Waals surface area contributed by atoms with Gasteiger partial charge in [-0.3, -0.25) is 4.99 Å². The normalized spacial score (nSPS) is 20.7. The lowest BCUT2D eigenvalue weighted by Crippen LogP contribution is -2.44. The Bertz CT molecular complexity index is 596. The highest BCUT2D eigenvalue weighted by molar-refractivity contribution is 14.0. The van der Waals surface area contributed by atoms with E-state index in [0.717, 1.165) is 35.8 Å². The van der Waals surface area contributed by atoms with Gasteiger partial charge in [0.25, 0.3) is 0 Å². The van der Waals surface area contributed by atoms with E-state index in [1.165, 1.54) is 12.8 Å². The van der Waals surface area contributed by atoms with E-state index in [1.807, 2.05) is 18.2 Å².